The number of alkyl halides is 3. The second kappa shape index (κ2) is 12.0. The van der Waals surface area contributed by atoms with Gasteiger partial charge in [-0.25, -0.2) is 0 Å². The van der Waals surface area contributed by atoms with Gasteiger partial charge in [0, 0.05) is 30.7 Å². The lowest BCUT2D eigenvalue weighted by molar-refractivity contribution is -0.274. The van der Waals surface area contributed by atoms with Crippen molar-refractivity contribution in [2.24, 2.45) is 0 Å². The first kappa shape index (κ1) is 27.6. The molecule has 5 nitrogen and oxygen atoms in total. The van der Waals surface area contributed by atoms with Crippen LogP contribution in [0, 0.1) is 0 Å². The van der Waals surface area contributed by atoms with Gasteiger partial charge in [-0.15, -0.1) is 38.0 Å². The average Bonchev–Trinajstić information content (AvgIpc) is 2.70. The minimum absolute atomic E-state index is 0. The molecular weight excluding hydrogens is 524 g/mol. The van der Waals surface area contributed by atoms with Crippen molar-refractivity contribution in [3.05, 3.63) is 52.0 Å². The second-order valence-corrected chi connectivity index (χ2v) is 7.39. The largest absolute Gasteiger partial charge is 0.573 e. The number of hydrogen-bond donors (Lipinski definition) is 1. The molecule has 0 aliphatic carbocycles. The van der Waals surface area contributed by atoms with Crippen molar-refractivity contribution in [2.75, 3.05) is 40.4 Å². The summed E-state index contributed by atoms with van der Waals surface area (Å²) >= 11 is 3.62. The fraction of sp³-hybridized carbons (Fsp3) is 0.400. The average molecular weight is 548 g/mol. The van der Waals surface area contributed by atoms with E-state index in [9.17, 15) is 13.2 Å². The smallest absolute Gasteiger partial charge is 0.493 e. The summed E-state index contributed by atoms with van der Waals surface area (Å²) in [5, 5.41) is 3.32. The Morgan fingerprint density at radius 3 is 2.03 bits per heavy atom. The van der Waals surface area contributed by atoms with Gasteiger partial charge in [-0.05, 0) is 35.4 Å². The summed E-state index contributed by atoms with van der Waals surface area (Å²) in [7, 11) is 3.13. The van der Waals surface area contributed by atoms with Gasteiger partial charge >= 0.3 is 6.36 Å². The van der Waals surface area contributed by atoms with Gasteiger partial charge in [0.25, 0.3) is 0 Å². The number of nitrogens with one attached hydrogen (secondary N) is 1. The SMILES string of the molecule is COc1cc(Br)c([C@@H](c2ccc(OC(F)(F)F)cc2)N2CCNCC2)cc1OC.Cl.Cl. The van der Waals surface area contributed by atoms with Crippen LogP contribution in [0.5, 0.6) is 17.2 Å². The summed E-state index contributed by atoms with van der Waals surface area (Å²) in [4.78, 5) is 2.28. The van der Waals surface area contributed by atoms with E-state index < -0.39 is 6.36 Å². The Bertz CT molecular complexity index is 836. The number of halogens is 6. The van der Waals surface area contributed by atoms with Gasteiger partial charge in [-0.1, -0.05) is 28.1 Å². The Balaban J connectivity index is 0.00000240. The van der Waals surface area contributed by atoms with E-state index in [-0.39, 0.29) is 36.6 Å². The molecule has 0 bridgehead atoms. The maximum absolute atomic E-state index is 12.5. The molecule has 1 heterocycles. The number of hydrogen-bond acceptors (Lipinski definition) is 5. The molecule has 2 aromatic carbocycles. The monoisotopic (exact) mass is 546 g/mol. The van der Waals surface area contributed by atoms with Crippen LogP contribution in [-0.2, 0) is 0 Å². The van der Waals surface area contributed by atoms with Gasteiger partial charge in [-0.3, -0.25) is 4.90 Å². The van der Waals surface area contributed by atoms with Crippen LogP contribution < -0.4 is 19.5 Å². The summed E-state index contributed by atoms with van der Waals surface area (Å²) in [6.07, 6.45) is -4.72. The lowest BCUT2D eigenvalue weighted by atomic mass is 9.96. The second-order valence-electron chi connectivity index (χ2n) is 6.53. The van der Waals surface area contributed by atoms with Gasteiger partial charge in [0.1, 0.15) is 5.75 Å². The van der Waals surface area contributed by atoms with E-state index in [4.69, 9.17) is 9.47 Å². The third kappa shape index (κ3) is 7.05. The van der Waals surface area contributed by atoms with E-state index in [1.807, 2.05) is 12.1 Å². The maximum Gasteiger partial charge on any atom is 0.573 e. The Morgan fingerprint density at radius 2 is 1.52 bits per heavy atom. The number of methoxy groups -OCH3 is 2. The third-order valence-electron chi connectivity index (χ3n) is 4.74. The number of benzene rings is 2. The molecule has 0 unspecified atom stereocenters. The van der Waals surface area contributed by atoms with Gasteiger partial charge in [0.15, 0.2) is 11.5 Å². The topological polar surface area (TPSA) is 43.0 Å². The van der Waals surface area contributed by atoms with Crippen molar-refractivity contribution < 1.29 is 27.4 Å². The van der Waals surface area contributed by atoms with Crippen molar-refractivity contribution >= 4 is 40.7 Å². The first-order valence-corrected chi connectivity index (χ1v) is 9.83. The first-order chi connectivity index (χ1) is 13.8. The van der Waals surface area contributed by atoms with Crippen LogP contribution in [0.4, 0.5) is 13.2 Å². The summed E-state index contributed by atoms with van der Waals surface area (Å²) in [6, 6.07) is 9.57. The molecule has 11 heteroatoms. The number of rotatable bonds is 6. The molecule has 1 aliphatic rings. The van der Waals surface area contributed by atoms with E-state index in [2.05, 4.69) is 30.9 Å². The van der Waals surface area contributed by atoms with Crippen LogP contribution in [0.2, 0.25) is 0 Å². The summed E-state index contributed by atoms with van der Waals surface area (Å²) < 4.78 is 53.1. The molecule has 1 aliphatic heterocycles. The zero-order chi connectivity index (χ0) is 21.0. The highest BCUT2D eigenvalue weighted by molar-refractivity contribution is 9.10. The molecule has 174 valence electrons. The quantitative estimate of drug-likeness (QED) is 0.538. The molecule has 0 radical (unpaired) electrons. The third-order valence-corrected chi connectivity index (χ3v) is 5.43. The van der Waals surface area contributed by atoms with Crippen LogP contribution in [0.3, 0.4) is 0 Å². The molecule has 1 saturated heterocycles. The first-order valence-electron chi connectivity index (χ1n) is 9.04. The van der Waals surface area contributed by atoms with Gasteiger partial charge in [0.2, 0.25) is 0 Å². The predicted molar refractivity (Wildman–Crippen MR) is 121 cm³/mol. The molecule has 2 aromatic rings. The van der Waals surface area contributed by atoms with Crippen molar-refractivity contribution in [1.29, 1.82) is 0 Å². The highest BCUT2D eigenvalue weighted by atomic mass is 79.9. The lowest BCUT2D eigenvalue weighted by Crippen LogP contribution is -2.45. The molecule has 31 heavy (non-hydrogen) atoms. The number of piperazine rings is 1. The van der Waals surface area contributed by atoms with E-state index in [1.54, 1.807) is 26.4 Å². The van der Waals surface area contributed by atoms with Crippen molar-refractivity contribution in [3.63, 3.8) is 0 Å². The van der Waals surface area contributed by atoms with Crippen LogP contribution in [-0.4, -0.2) is 51.7 Å². The number of ether oxygens (including phenoxy) is 3. The highest BCUT2D eigenvalue weighted by Gasteiger charge is 2.32. The minimum Gasteiger partial charge on any atom is -0.493 e. The molecule has 1 fully saturated rings. The molecule has 0 amide bonds. The summed E-state index contributed by atoms with van der Waals surface area (Å²) in [5.41, 5.74) is 1.79. The Morgan fingerprint density at radius 1 is 0.968 bits per heavy atom. The molecule has 1 N–H and O–H groups in total. The standard InChI is InChI=1S/C20H22BrF3N2O3.2ClH/c1-27-17-11-15(16(21)12-18(17)28-2)19(26-9-7-25-8-10-26)13-3-5-14(6-4-13)29-20(22,23)24;;/h3-6,11-12,19,25H,7-10H2,1-2H3;2*1H/t19-;;/m1../s1. The van der Waals surface area contributed by atoms with E-state index in [0.29, 0.717) is 11.5 Å². The predicted octanol–water partition coefficient (Wildman–Crippen LogP) is 5.20. The van der Waals surface area contributed by atoms with Crippen LogP contribution in [0.25, 0.3) is 0 Å². The molecule has 0 spiro atoms. The maximum atomic E-state index is 12.5. The van der Waals surface area contributed by atoms with Crippen molar-refractivity contribution in [2.45, 2.75) is 12.4 Å². The Hall–Kier alpha value is -1.39. The van der Waals surface area contributed by atoms with E-state index >= 15 is 0 Å². The minimum atomic E-state index is -4.72. The molecule has 1 atom stereocenters. The normalized spacial score (nSPS) is 15.3. The summed E-state index contributed by atoms with van der Waals surface area (Å²) in [6.45, 7) is 3.26. The van der Waals surface area contributed by atoms with Crippen molar-refractivity contribution in [3.8, 4) is 17.2 Å². The Labute approximate surface area is 200 Å². The van der Waals surface area contributed by atoms with E-state index in [1.165, 1.54) is 12.1 Å². The molecule has 0 aromatic heterocycles. The lowest BCUT2D eigenvalue weighted by Gasteiger charge is -2.36. The van der Waals surface area contributed by atoms with Crippen LogP contribution in [0.1, 0.15) is 17.2 Å². The molecular formula is C20H24BrCl2F3N2O3. The molecule has 0 saturated carbocycles. The summed E-state index contributed by atoms with van der Waals surface area (Å²) in [5.74, 6) is 0.936. The van der Waals surface area contributed by atoms with Gasteiger partial charge in [0.05, 0.1) is 20.3 Å². The van der Waals surface area contributed by atoms with Crippen LogP contribution >= 0.6 is 40.7 Å². The van der Waals surface area contributed by atoms with Crippen LogP contribution in [0.15, 0.2) is 40.9 Å². The Kier molecular flexibility index (Phi) is 10.7. The van der Waals surface area contributed by atoms with Gasteiger partial charge in [-0.2, -0.15) is 0 Å². The zero-order valence-electron chi connectivity index (χ0n) is 16.9. The fourth-order valence-electron chi connectivity index (χ4n) is 3.46. The van der Waals surface area contributed by atoms with E-state index in [0.717, 1.165) is 41.8 Å². The fourth-order valence-corrected chi connectivity index (χ4v) is 4.00. The number of nitrogens with zero attached hydrogens (tertiary/aromatic N) is 1. The highest BCUT2D eigenvalue weighted by Crippen LogP contribution is 2.41. The zero-order valence-corrected chi connectivity index (χ0v) is 20.1. The van der Waals surface area contributed by atoms with Gasteiger partial charge < -0.3 is 19.5 Å². The molecule has 3 rings (SSSR count). The van der Waals surface area contributed by atoms with Crippen molar-refractivity contribution in [1.82, 2.24) is 10.2 Å².